The molecule has 0 aromatic heterocycles. The van der Waals surface area contributed by atoms with Gasteiger partial charge in [-0.3, -0.25) is 14.5 Å². The molecule has 0 bridgehead atoms. The number of likely N-dealkylation sites (N-methyl/N-ethyl adjacent to an activating group) is 1. The van der Waals surface area contributed by atoms with Crippen molar-refractivity contribution in [3.8, 4) is 6.07 Å². The number of benzene rings is 1. The molecule has 0 aliphatic carbocycles. The third kappa shape index (κ3) is 2.10. The number of imide groups is 1. The lowest BCUT2D eigenvalue weighted by Gasteiger charge is -2.28. The first-order valence-electron chi connectivity index (χ1n) is 6.14. The zero-order valence-corrected chi connectivity index (χ0v) is 11.5. The van der Waals surface area contributed by atoms with E-state index in [1.54, 1.807) is 31.2 Å². The minimum Gasteiger partial charge on any atom is -0.480 e. The van der Waals surface area contributed by atoms with Crippen molar-refractivity contribution < 1.29 is 19.5 Å². The van der Waals surface area contributed by atoms with Gasteiger partial charge in [-0.15, -0.1) is 0 Å². The minimum atomic E-state index is -1.28. The summed E-state index contributed by atoms with van der Waals surface area (Å²) in [6.07, 6.45) is 0. The fraction of sp³-hybridized carbons (Fsp3) is 0.286. The quantitative estimate of drug-likeness (QED) is 0.827. The van der Waals surface area contributed by atoms with Gasteiger partial charge in [-0.05, 0) is 24.6 Å². The Morgan fingerprint density at radius 2 is 1.90 bits per heavy atom. The Hall–Kier alpha value is -2.88. The molecule has 0 spiro atoms. The molecule has 1 aliphatic rings. The lowest BCUT2D eigenvalue weighted by atomic mass is 9.90. The predicted octanol–water partition coefficient (Wildman–Crippen LogP) is 0.752. The fourth-order valence-electron chi connectivity index (χ4n) is 2.33. The lowest BCUT2D eigenvalue weighted by Crippen LogP contribution is -2.42. The Labute approximate surface area is 121 Å². The highest BCUT2D eigenvalue weighted by Crippen LogP contribution is 2.35. The highest BCUT2D eigenvalue weighted by molar-refractivity contribution is 6.08. The number of urea groups is 1. The van der Waals surface area contributed by atoms with Crippen LogP contribution in [0.2, 0.25) is 0 Å². The third-order valence-corrected chi connectivity index (χ3v) is 3.72. The van der Waals surface area contributed by atoms with Crippen molar-refractivity contribution in [2.75, 3.05) is 13.6 Å². The van der Waals surface area contributed by atoms with E-state index in [9.17, 15) is 14.4 Å². The normalized spacial score (nSPS) is 21.6. The molecule has 1 heterocycles. The van der Waals surface area contributed by atoms with Crippen molar-refractivity contribution in [2.24, 2.45) is 0 Å². The Morgan fingerprint density at radius 3 is 2.38 bits per heavy atom. The van der Waals surface area contributed by atoms with Crippen molar-refractivity contribution in [3.63, 3.8) is 0 Å². The summed E-state index contributed by atoms with van der Waals surface area (Å²) >= 11 is 0. The zero-order valence-electron chi connectivity index (χ0n) is 11.5. The third-order valence-electron chi connectivity index (χ3n) is 3.72. The molecule has 1 aliphatic heterocycles. The number of carboxylic acid groups (broad SMARTS) is 1. The van der Waals surface area contributed by atoms with Gasteiger partial charge in [-0.2, -0.15) is 5.26 Å². The van der Waals surface area contributed by atoms with Crippen LogP contribution in [0, 0.1) is 11.3 Å². The molecule has 0 unspecified atom stereocenters. The van der Waals surface area contributed by atoms with Crippen LogP contribution in [0.5, 0.6) is 0 Å². The average molecular weight is 287 g/mol. The Morgan fingerprint density at radius 1 is 1.33 bits per heavy atom. The number of carboxylic acids is 1. The lowest BCUT2D eigenvalue weighted by molar-refractivity contribution is -0.143. The second-order valence-electron chi connectivity index (χ2n) is 4.89. The molecule has 1 N–H and O–H groups in total. The molecule has 1 aromatic carbocycles. The number of carbonyl (C=O) groups is 3. The van der Waals surface area contributed by atoms with E-state index in [2.05, 4.69) is 0 Å². The first-order chi connectivity index (χ1) is 9.82. The van der Waals surface area contributed by atoms with Gasteiger partial charge in [0, 0.05) is 7.05 Å². The Bertz CT molecular complexity index is 662. The maximum atomic E-state index is 12.5. The average Bonchev–Trinajstić information content (AvgIpc) is 2.63. The summed E-state index contributed by atoms with van der Waals surface area (Å²) in [7, 11) is 1.44. The van der Waals surface area contributed by atoms with E-state index < -0.39 is 30.0 Å². The molecular formula is C14H13N3O4. The van der Waals surface area contributed by atoms with Gasteiger partial charge < -0.3 is 10.0 Å². The Kier molecular flexibility index (Phi) is 3.39. The van der Waals surface area contributed by atoms with Crippen LogP contribution < -0.4 is 0 Å². The monoisotopic (exact) mass is 287 g/mol. The smallest absolute Gasteiger partial charge is 0.328 e. The molecule has 7 nitrogen and oxygen atoms in total. The molecule has 1 fully saturated rings. The van der Waals surface area contributed by atoms with Gasteiger partial charge in [-0.25, -0.2) is 4.79 Å². The number of carbonyl (C=O) groups excluding carboxylic acids is 2. The molecule has 108 valence electrons. The number of amides is 3. The summed E-state index contributed by atoms with van der Waals surface area (Å²) in [4.78, 5) is 37.3. The molecule has 1 aromatic rings. The number of hydrogen-bond acceptors (Lipinski definition) is 4. The van der Waals surface area contributed by atoms with Crippen molar-refractivity contribution in [2.45, 2.75) is 12.5 Å². The van der Waals surface area contributed by atoms with Gasteiger partial charge in [0.05, 0.1) is 11.6 Å². The van der Waals surface area contributed by atoms with Gasteiger partial charge in [0.2, 0.25) is 0 Å². The highest BCUT2D eigenvalue weighted by Gasteiger charge is 2.53. The predicted molar refractivity (Wildman–Crippen MR) is 71.0 cm³/mol. The second-order valence-corrected chi connectivity index (χ2v) is 4.89. The number of hydrogen-bond donors (Lipinski definition) is 1. The maximum Gasteiger partial charge on any atom is 0.328 e. The van der Waals surface area contributed by atoms with E-state index in [1.165, 1.54) is 11.9 Å². The van der Waals surface area contributed by atoms with Crippen LogP contribution in [0.4, 0.5) is 4.79 Å². The number of nitriles is 1. The van der Waals surface area contributed by atoms with Gasteiger partial charge in [-0.1, -0.05) is 12.1 Å². The summed E-state index contributed by atoms with van der Waals surface area (Å²) in [6, 6.07) is 7.58. The van der Waals surface area contributed by atoms with Crippen LogP contribution in [-0.4, -0.2) is 46.4 Å². The van der Waals surface area contributed by atoms with Crippen LogP contribution in [0.25, 0.3) is 0 Å². The summed E-state index contributed by atoms with van der Waals surface area (Å²) in [6.45, 7) is 0.879. The SMILES string of the molecule is CN1C(=O)N(CC(=O)O)C(=O)[C@]1(C)c1ccc(C#N)cc1. The molecule has 1 atom stereocenters. The second kappa shape index (κ2) is 4.90. The topological polar surface area (TPSA) is 102 Å². The van der Waals surface area contributed by atoms with Crippen molar-refractivity contribution in [3.05, 3.63) is 35.4 Å². The summed E-state index contributed by atoms with van der Waals surface area (Å²) < 4.78 is 0. The molecule has 2 rings (SSSR count). The van der Waals surface area contributed by atoms with Crippen molar-refractivity contribution >= 4 is 17.9 Å². The number of aliphatic carboxylic acids is 1. The van der Waals surface area contributed by atoms with Crippen LogP contribution >= 0.6 is 0 Å². The van der Waals surface area contributed by atoms with Crippen LogP contribution in [0.15, 0.2) is 24.3 Å². The van der Waals surface area contributed by atoms with Gasteiger partial charge in [0.1, 0.15) is 12.1 Å². The van der Waals surface area contributed by atoms with Crippen molar-refractivity contribution in [1.29, 1.82) is 5.26 Å². The first-order valence-corrected chi connectivity index (χ1v) is 6.14. The van der Waals surface area contributed by atoms with Crippen LogP contribution in [0.3, 0.4) is 0 Å². The largest absolute Gasteiger partial charge is 0.480 e. The van der Waals surface area contributed by atoms with Crippen LogP contribution in [-0.2, 0) is 15.1 Å². The van der Waals surface area contributed by atoms with Gasteiger partial charge >= 0.3 is 12.0 Å². The van der Waals surface area contributed by atoms with E-state index in [4.69, 9.17) is 10.4 Å². The van der Waals surface area contributed by atoms with Crippen LogP contribution in [0.1, 0.15) is 18.1 Å². The molecule has 21 heavy (non-hydrogen) atoms. The summed E-state index contributed by atoms with van der Waals surface area (Å²) in [5.74, 6) is -1.85. The molecular weight excluding hydrogens is 274 g/mol. The molecule has 1 saturated heterocycles. The molecule has 0 saturated carbocycles. The number of nitrogens with zero attached hydrogens (tertiary/aromatic N) is 3. The van der Waals surface area contributed by atoms with E-state index in [0.29, 0.717) is 16.0 Å². The van der Waals surface area contributed by atoms with Gasteiger partial charge in [0.15, 0.2) is 0 Å². The van der Waals surface area contributed by atoms with E-state index >= 15 is 0 Å². The molecule has 0 radical (unpaired) electrons. The van der Waals surface area contributed by atoms with E-state index in [0.717, 1.165) is 0 Å². The molecule has 7 heteroatoms. The summed E-state index contributed by atoms with van der Waals surface area (Å²) in [5.41, 5.74) is -0.319. The first kappa shape index (κ1) is 14.5. The van der Waals surface area contributed by atoms with E-state index in [-0.39, 0.29) is 0 Å². The number of rotatable bonds is 3. The minimum absolute atomic E-state index is 0.434. The van der Waals surface area contributed by atoms with Crippen molar-refractivity contribution in [1.82, 2.24) is 9.80 Å². The fourth-order valence-corrected chi connectivity index (χ4v) is 2.33. The highest BCUT2D eigenvalue weighted by atomic mass is 16.4. The zero-order chi connectivity index (χ0) is 15.8. The molecule has 3 amide bonds. The standard InChI is InChI=1S/C14H13N3O4/c1-14(10-5-3-9(7-15)4-6-10)12(20)17(8-11(18)19)13(21)16(14)2/h3-6H,8H2,1-2H3,(H,18,19)/t14-/m0/s1. The Balaban J connectivity index is 2.45. The maximum absolute atomic E-state index is 12.5. The summed E-state index contributed by atoms with van der Waals surface area (Å²) in [5, 5.41) is 17.6. The van der Waals surface area contributed by atoms with E-state index in [1.807, 2.05) is 6.07 Å². The van der Waals surface area contributed by atoms with Gasteiger partial charge in [0.25, 0.3) is 5.91 Å².